The zero-order valence-electron chi connectivity index (χ0n) is 8.64. The second-order valence-electron chi connectivity index (χ2n) is 3.55. The minimum Gasteiger partial charge on any atom is -0.396 e. The van der Waals surface area contributed by atoms with E-state index in [2.05, 4.69) is 5.32 Å². The van der Waals surface area contributed by atoms with Gasteiger partial charge in [0.15, 0.2) is 0 Å². The number of hydrogen-bond acceptors (Lipinski definition) is 5. The Balaban J connectivity index is 4.23. The summed E-state index contributed by atoms with van der Waals surface area (Å²) in [6.45, 7) is 0.829. The summed E-state index contributed by atoms with van der Waals surface area (Å²) in [5.41, 5.74) is -1.48. The lowest BCUT2D eigenvalue weighted by Crippen LogP contribution is -2.48. The van der Waals surface area contributed by atoms with E-state index in [4.69, 9.17) is 10.2 Å². The van der Waals surface area contributed by atoms with Gasteiger partial charge in [-0.15, -0.1) is 0 Å². The molecule has 0 aliphatic rings. The molecule has 0 aliphatic heterocycles. The summed E-state index contributed by atoms with van der Waals surface area (Å²) in [6.07, 6.45) is -0.864. The predicted octanol–water partition coefficient (Wildman–Crippen LogP) is -1.96. The van der Waals surface area contributed by atoms with Crippen LogP contribution in [0.4, 0.5) is 0 Å². The predicted molar refractivity (Wildman–Crippen MR) is 52.0 cm³/mol. The number of aldehydes is 1. The zero-order valence-corrected chi connectivity index (χ0v) is 8.64. The summed E-state index contributed by atoms with van der Waals surface area (Å²) in [5, 5.41) is 29.1. The van der Waals surface area contributed by atoms with Crippen LogP contribution in [-0.2, 0) is 9.59 Å². The molecule has 0 aliphatic carbocycles. The standard InChI is InChI=1S/C9H17NO5/c1-9(5-12,6-13)7(14)8(15)10-3-2-4-11/h5,7,11,13-14H,2-4,6H2,1H3,(H,10,15). The van der Waals surface area contributed by atoms with Crippen molar-refractivity contribution in [3.8, 4) is 0 Å². The van der Waals surface area contributed by atoms with E-state index in [0.29, 0.717) is 12.7 Å². The molecule has 88 valence electrons. The van der Waals surface area contributed by atoms with Crippen LogP contribution >= 0.6 is 0 Å². The van der Waals surface area contributed by atoms with Gasteiger partial charge >= 0.3 is 0 Å². The molecule has 1 amide bonds. The highest BCUT2D eigenvalue weighted by atomic mass is 16.3. The molecule has 0 saturated heterocycles. The van der Waals surface area contributed by atoms with E-state index in [-0.39, 0.29) is 13.2 Å². The fourth-order valence-corrected chi connectivity index (χ4v) is 0.875. The first-order chi connectivity index (χ1) is 7.01. The summed E-state index contributed by atoms with van der Waals surface area (Å²) in [7, 11) is 0. The van der Waals surface area contributed by atoms with Crippen LogP contribution in [0, 0.1) is 5.41 Å². The molecule has 6 nitrogen and oxygen atoms in total. The smallest absolute Gasteiger partial charge is 0.249 e. The number of aliphatic hydroxyl groups is 3. The van der Waals surface area contributed by atoms with Crippen molar-refractivity contribution in [3.05, 3.63) is 0 Å². The van der Waals surface area contributed by atoms with Crippen LogP contribution in [0.25, 0.3) is 0 Å². The summed E-state index contributed by atoms with van der Waals surface area (Å²) < 4.78 is 0. The molecule has 0 radical (unpaired) electrons. The Morgan fingerprint density at radius 2 is 2.13 bits per heavy atom. The average Bonchev–Trinajstić information content (AvgIpc) is 2.27. The van der Waals surface area contributed by atoms with E-state index >= 15 is 0 Å². The molecule has 0 heterocycles. The van der Waals surface area contributed by atoms with Gasteiger partial charge in [0.1, 0.15) is 12.4 Å². The Morgan fingerprint density at radius 1 is 1.53 bits per heavy atom. The number of hydrogen-bond donors (Lipinski definition) is 4. The van der Waals surface area contributed by atoms with Crippen molar-refractivity contribution in [2.75, 3.05) is 19.8 Å². The number of aliphatic hydroxyl groups excluding tert-OH is 3. The largest absolute Gasteiger partial charge is 0.396 e. The molecule has 0 fully saturated rings. The van der Waals surface area contributed by atoms with Crippen molar-refractivity contribution in [1.29, 1.82) is 0 Å². The van der Waals surface area contributed by atoms with E-state index in [9.17, 15) is 14.7 Å². The van der Waals surface area contributed by atoms with Gasteiger partial charge in [-0.25, -0.2) is 0 Å². The number of carbonyl (C=O) groups excluding carboxylic acids is 2. The maximum atomic E-state index is 11.3. The number of rotatable bonds is 7. The number of nitrogens with one attached hydrogen (secondary N) is 1. The highest BCUT2D eigenvalue weighted by Crippen LogP contribution is 2.17. The van der Waals surface area contributed by atoms with Gasteiger partial charge in [-0.05, 0) is 13.3 Å². The number of carbonyl (C=O) groups is 2. The van der Waals surface area contributed by atoms with Gasteiger partial charge in [0.05, 0.1) is 12.0 Å². The van der Waals surface area contributed by atoms with E-state index in [0.717, 1.165) is 0 Å². The van der Waals surface area contributed by atoms with Crippen LogP contribution in [0.2, 0.25) is 0 Å². The lowest BCUT2D eigenvalue weighted by atomic mass is 9.86. The van der Waals surface area contributed by atoms with Crippen LogP contribution in [0.1, 0.15) is 13.3 Å². The first-order valence-electron chi connectivity index (χ1n) is 4.65. The molecule has 0 aromatic carbocycles. The second kappa shape index (κ2) is 6.49. The first kappa shape index (κ1) is 14.0. The molecule has 0 aromatic rings. The van der Waals surface area contributed by atoms with Gasteiger partial charge in [-0.1, -0.05) is 0 Å². The van der Waals surface area contributed by atoms with Crippen LogP contribution in [0.5, 0.6) is 0 Å². The Morgan fingerprint density at radius 3 is 2.53 bits per heavy atom. The third kappa shape index (κ3) is 3.94. The molecule has 0 aromatic heterocycles. The Labute approximate surface area is 87.9 Å². The Kier molecular flexibility index (Phi) is 6.07. The van der Waals surface area contributed by atoms with Crippen LogP contribution < -0.4 is 5.32 Å². The van der Waals surface area contributed by atoms with Crippen LogP contribution in [-0.4, -0.2) is 53.4 Å². The van der Waals surface area contributed by atoms with Gasteiger partial charge < -0.3 is 25.4 Å². The summed E-state index contributed by atoms with van der Waals surface area (Å²) in [5.74, 6) is -0.730. The minimum absolute atomic E-state index is 0.0681. The normalized spacial score (nSPS) is 16.5. The van der Waals surface area contributed by atoms with Crippen molar-refractivity contribution >= 4 is 12.2 Å². The van der Waals surface area contributed by atoms with Crippen molar-refractivity contribution in [2.45, 2.75) is 19.4 Å². The topological polar surface area (TPSA) is 107 Å². The SMILES string of the molecule is CC(C=O)(CO)C(O)C(=O)NCCCO. The lowest BCUT2D eigenvalue weighted by Gasteiger charge is -2.25. The van der Waals surface area contributed by atoms with Crippen molar-refractivity contribution < 1.29 is 24.9 Å². The monoisotopic (exact) mass is 219 g/mol. The average molecular weight is 219 g/mol. The molecule has 0 bridgehead atoms. The summed E-state index contributed by atoms with van der Waals surface area (Å²) in [4.78, 5) is 21.9. The minimum atomic E-state index is -1.58. The highest BCUT2D eigenvalue weighted by Gasteiger charge is 2.37. The van der Waals surface area contributed by atoms with Gasteiger partial charge in [0, 0.05) is 13.2 Å². The van der Waals surface area contributed by atoms with Crippen LogP contribution in [0.15, 0.2) is 0 Å². The Bertz CT molecular complexity index is 221. The van der Waals surface area contributed by atoms with Gasteiger partial charge in [-0.2, -0.15) is 0 Å². The van der Waals surface area contributed by atoms with Gasteiger partial charge in [-0.3, -0.25) is 4.79 Å². The first-order valence-corrected chi connectivity index (χ1v) is 4.65. The van der Waals surface area contributed by atoms with E-state index in [1.54, 1.807) is 0 Å². The summed E-state index contributed by atoms with van der Waals surface area (Å²) >= 11 is 0. The van der Waals surface area contributed by atoms with Crippen molar-refractivity contribution in [2.24, 2.45) is 5.41 Å². The van der Waals surface area contributed by atoms with E-state index in [1.807, 2.05) is 0 Å². The molecule has 2 atom stereocenters. The third-order valence-corrected chi connectivity index (χ3v) is 2.12. The molecule has 0 spiro atoms. The third-order valence-electron chi connectivity index (χ3n) is 2.12. The second-order valence-corrected chi connectivity index (χ2v) is 3.55. The van der Waals surface area contributed by atoms with Crippen molar-refractivity contribution in [3.63, 3.8) is 0 Å². The maximum absolute atomic E-state index is 11.3. The van der Waals surface area contributed by atoms with E-state index in [1.165, 1.54) is 6.92 Å². The molecule has 4 N–H and O–H groups in total. The molecule has 2 unspecified atom stereocenters. The molecule has 0 rings (SSSR count). The molecular weight excluding hydrogens is 202 g/mol. The lowest BCUT2D eigenvalue weighted by molar-refractivity contribution is -0.143. The number of amides is 1. The van der Waals surface area contributed by atoms with Crippen molar-refractivity contribution in [1.82, 2.24) is 5.32 Å². The Hall–Kier alpha value is -0.980. The summed E-state index contributed by atoms with van der Waals surface area (Å²) in [6, 6.07) is 0. The van der Waals surface area contributed by atoms with E-state index < -0.39 is 24.0 Å². The molecular formula is C9H17NO5. The fourth-order valence-electron chi connectivity index (χ4n) is 0.875. The molecule has 6 heteroatoms. The quantitative estimate of drug-likeness (QED) is 0.294. The van der Waals surface area contributed by atoms with Gasteiger partial charge in [0.25, 0.3) is 0 Å². The van der Waals surface area contributed by atoms with Gasteiger partial charge in [0.2, 0.25) is 5.91 Å². The zero-order chi connectivity index (χ0) is 11.9. The maximum Gasteiger partial charge on any atom is 0.249 e. The van der Waals surface area contributed by atoms with Crippen LogP contribution in [0.3, 0.4) is 0 Å². The fraction of sp³-hybridized carbons (Fsp3) is 0.778. The highest BCUT2D eigenvalue weighted by molar-refractivity contribution is 5.85. The molecule has 0 saturated carbocycles. The molecule has 15 heavy (non-hydrogen) atoms.